The molecule has 1 saturated carbocycles. The van der Waals surface area contributed by atoms with Crippen LogP contribution in [0.25, 0.3) is 0 Å². The maximum atomic E-state index is 12.4. The first kappa shape index (κ1) is 13.4. The van der Waals surface area contributed by atoms with Crippen LogP contribution in [-0.2, 0) is 0 Å². The first-order valence-electron chi connectivity index (χ1n) is 7.26. The van der Waals surface area contributed by atoms with Crippen molar-refractivity contribution in [3.05, 3.63) is 29.7 Å². The minimum absolute atomic E-state index is 0.00405. The first-order chi connectivity index (χ1) is 9.63. The molecular formula is C15H21N3O2. The molecule has 1 amide bonds. The fourth-order valence-corrected chi connectivity index (χ4v) is 2.60. The van der Waals surface area contributed by atoms with Crippen molar-refractivity contribution in [1.82, 2.24) is 15.0 Å². The lowest BCUT2D eigenvalue weighted by molar-refractivity contribution is 0.0637. The molecule has 2 fully saturated rings. The van der Waals surface area contributed by atoms with Crippen molar-refractivity contribution in [3.8, 4) is 0 Å². The van der Waals surface area contributed by atoms with Gasteiger partial charge in [0.2, 0.25) is 0 Å². The van der Waals surface area contributed by atoms with E-state index in [0.717, 1.165) is 56.9 Å². The van der Waals surface area contributed by atoms with Gasteiger partial charge >= 0.3 is 0 Å². The zero-order chi connectivity index (χ0) is 14.1. The van der Waals surface area contributed by atoms with Crippen LogP contribution in [0.2, 0.25) is 0 Å². The van der Waals surface area contributed by atoms with Gasteiger partial charge in [-0.3, -0.25) is 9.69 Å². The van der Waals surface area contributed by atoms with Crippen LogP contribution in [0.15, 0.2) is 22.7 Å². The highest BCUT2D eigenvalue weighted by atomic mass is 16.5. The van der Waals surface area contributed by atoms with Crippen molar-refractivity contribution in [2.75, 3.05) is 32.7 Å². The van der Waals surface area contributed by atoms with Crippen molar-refractivity contribution in [2.24, 2.45) is 0 Å². The fraction of sp³-hybridized carbons (Fsp3) is 0.600. The van der Waals surface area contributed by atoms with Gasteiger partial charge in [0.15, 0.2) is 5.69 Å². The van der Waals surface area contributed by atoms with Gasteiger partial charge in [-0.25, -0.2) is 0 Å². The highest BCUT2D eigenvalue weighted by Crippen LogP contribution is 2.40. The van der Waals surface area contributed by atoms with Crippen molar-refractivity contribution >= 4 is 5.91 Å². The molecule has 0 atom stereocenters. The molecule has 2 aliphatic rings. The number of aromatic nitrogens is 1. The van der Waals surface area contributed by atoms with E-state index in [2.05, 4.69) is 16.6 Å². The summed E-state index contributed by atoms with van der Waals surface area (Å²) >= 11 is 0. The second-order valence-corrected chi connectivity index (χ2v) is 5.91. The summed E-state index contributed by atoms with van der Waals surface area (Å²) in [5, 5.41) is 3.93. The molecule has 0 bridgehead atoms. The van der Waals surface area contributed by atoms with E-state index < -0.39 is 0 Å². The predicted molar refractivity (Wildman–Crippen MR) is 75.6 cm³/mol. The molecule has 5 heteroatoms. The van der Waals surface area contributed by atoms with E-state index in [4.69, 9.17) is 4.52 Å². The molecule has 0 spiro atoms. The van der Waals surface area contributed by atoms with E-state index >= 15 is 0 Å². The van der Waals surface area contributed by atoms with Gasteiger partial charge in [-0.1, -0.05) is 17.3 Å². The molecule has 2 heterocycles. The topological polar surface area (TPSA) is 49.6 Å². The third-order valence-electron chi connectivity index (χ3n) is 3.88. The van der Waals surface area contributed by atoms with Crippen LogP contribution < -0.4 is 0 Å². The Morgan fingerprint density at radius 2 is 2.10 bits per heavy atom. The first-order valence-corrected chi connectivity index (χ1v) is 7.26. The second kappa shape index (κ2) is 5.40. The van der Waals surface area contributed by atoms with E-state index in [1.54, 1.807) is 0 Å². The van der Waals surface area contributed by atoms with Crippen LogP contribution in [0.3, 0.4) is 0 Å². The van der Waals surface area contributed by atoms with Crippen molar-refractivity contribution < 1.29 is 9.32 Å². The predicted octanol–water partition coefficient (Wildman–Crippen LogP) is 1.89. The molecule has 0 unspecified atom stereocenters. The summed E-state index contributed by atoms with van der Waals surface area (Å²) in [6.45, 7) is 10.2. The molecular weight excluding hydrogens is 254 g/mol. The van der Waals surface area contributed by atoms with E-state index in [1.807, 2.05) is 17.9 Å². The number of carbonyl (C=O) groups excluding carboxylic acids is 1. The maximum Gasteiger partial charge on any atom is 0.276 e. The van der Waals surface area contributed by atoms with Gasteiger partial charge in [0.1, 0.15) is 5.76 Å². The van der Waals surface area contributed by atoms with Crippen LogP contribution in [0.5, 0.6) is 0 Å². The van der Waals surface area contributed by atoms with Crippen molar-refractivity contribution in [2.45, 2.75) is 25.7 Å². The Morgan fingerprint density at radius 1 is 1.40 bits per heavy atom. The van der Waals surface area contributed by atoms with Gasteiger partial charge in [-0.2, -0.15) is 0 Å². The molecule has 108 valence electrons. The summed E-state index contributed by atoms with van der Waals surface area (Å²) in [6.07, 6.45) is 2.31. The monoisotopic (exact) mass is 275 g/mol. The Morgan fingerprint density at radius 3 is 2.70 bits per heavy atom. The highest BCUT2D eigenvalue weighted by molar-refractivity contribution is 5.92. The van der Waals surface area contributed by atoms with Crippen LogP contribution in [-0.4, -0.2) is 53.6 Å². The van der Waals surface area contributed by atoms with Gasteiger partial charge in [0.05, 0.1) is 0 Å². The van der Waals surface area contributed by atoms with Crippen LogP contribution in [0.4, 0.5) is 0 Å². The summed E-state index contributed by atoms with van der Waals surface area (Å²) < 4.78 is 5.25. The van der Waals surface area contributed by atoms with Gasteiger partial charge in [0.25, 0.3) is 5.91 Å². The summed E-state index contributed by atoms with van der Waals surface area (Å²) in [4.78, 5) is 16.5. The number of hydrogen-bond acceptors (Lipinski definition) is 4. The van der Waals surface area contributed by atoms with Crippen LogP contribution >= 0.6 is 0 Å². The van der Waals surface area contributed by atoms with Gasteiger partial charge < -0.3 is 9.42 Å². The average molecular weight is 275 g/mol. The Hall–Kier alpha value is -1.62. The normalized spacial score (nSPS) is 20.1. The maximum absolute atomic E-state index is 12.4. The lowest BCUT2D eigenvalue weighted by atomic mass is 10.2. The summed E-state index contributed by atoms with van der Waals surface area (Å²) in [5.74, 6) is 1.36. The van der Waals surface area contributed by atoms with Crippen LogP contribution in [0, 0.1) is 0 Å². The zero-order valence-corrected chi connectivity index (χ0v) is 12.0. The molecule has 1 aliphatic heterocycles. The summed E-state index contributed by atoms with van der Waals surface area (Å²) in [6, 6.07) is 1.82. The Balaban J connectivity index is 1.56. The third-order valence-corrected chi connectivity index (χ3v) is 3.88. The van der Waals surface area contributed by atoms with Gasteiger partial charge in [-0.15, -0.1) is 0 Å². The summed E-state index contributed by atoms with van der Waals surface area (Å²) in [5.41, 5.74) is 1.62. The lowest BCUT2D eigenvalue weighted by Crippen LogP contribution is -2.49. The number of hydrogen-bond donors (Lipinski definition) is 0. The molecule has 0 N–H and O–H groups in total. The zero-order valence-electron chi connectivity index (χ0n) is 12.0. The number of piperazine rings is 1. The molecule has 1 aromatic rings. The van der Waals surface area contributed by atoms with E-state index in [9.17, 15) is 4.79 Å². The van der Waals surface area contributed by atoms with Crippen LogP contribution in [0.1, 0.15) is 41.9 Å². The molecule has 5 nitrogen and oxygen atoms in total. The van der Waals surface area contributed by atoms with E-state index in [-0.39, 0.29) is 5.91 Å². The molecule has 3 rings (SSSR count). The number of nitrogens with zero attached hydrogens (tertiary/aromatic N) is 3. The molecule has 20 heavy (non-hydrogen) atoms. The Labute approximate surface area is 119 Å². The van der Waals surface area contributed by atoms with Gasteiger partial charge in [-0.05, 0) is 19.8 Å². The fourth-order valence-electron chi connectivity index (χ4n) is 2.60. The minimum atomic E-state index is -0.00405. The van der Waals surface area contributed by atoms with Gasteiger partial charge in [0, 0.05) is 44.7 Å². The Bertz CT molecular complexity index is 511. The molecule has 1 aliphatic carbocycles. The largest absolute Gasteiger partial charge is 0.360 e. The number of rotatable bonds is 4. The molecule has 0 aromatic carbocycles. The van der Waals surface area contributed by atoms with Crippen molar-refractivity contribution in [3.63, 3.8) is 0 Å². The minimum Gasteiger partial charge on any atom is -0.360 e. The smallest absolute Gasteiger partial charge is 0.276 e. The molecule has 0 radical (unpaired) electrons. The van der Waals surface area contributed by atoms with E-state index in [0.29, 0.717) is 11.6 Å². The molecule has 1 aromatic heterocycles. The quantitative estimate of drug-likeness (QED) is 0.787. The summed E-state index contributed by atoms with van der Waals surface area (Å²) in [7, 11) is 0. The number of amides is 1. The number of carbonyl (C=O) groups is 1. The Kier molecular flexibility index (Phi) is 3.61. The van der Waals surface area contributed by atoms with E-state index in [1.165, 1.54) is 0 Å². The lowest BCUT2D eigenvalue weighted by Gasteiger charge is -2.34. The third kappa shape index (κ3) is 2.93. The SMILES string of the molecule is C=C(C)CN1CCN(C(=O)c2cc(C3CC3)on2)CC1. The highest BCUT2D eigenvalue weighted by Gasteiger charge is 2.30. The second-order valence-electron chi connectivity index (χ2n) is 5.91. The standard InChI is InChI=1S/C15H21N3O2/c1-11(2)10-17-5-7-18(8-6-17)15(19)13-9-14(20-16-13)12-3-4-12/h9,12H,1,3-8,10H2,2H3. The van der Waals surface area contributed by atoms with Crippen molar-refractivity contribution in [1.29, 1.82) is 0 Å². The molecule has 1 saturated heterocycles. The average Bonchev–Trinajstić information content (AvgIpc) is 3.16.